The maximum Gasteiger partial charge on any atom is 0.152 e. The summed E-state index contributed by atoms with van der Waals surface area (Å²) in [7, 11) is 1.80. The van der Waals surface area contributed by atoms with Crippen LogP contribution in [0.4, 0.5) is 5.82 Å². The van der Waals surface area contributed by atoms with E-state index in [4.69, 9.17) is 5.26 Å². The van der Waals surface area contributed by atoms with Crippen LogP contribution in [-0.2, 0) is 0 Å². The minimum atomic E-state index is 0.638. The number of benzene rings is 1. The number of hydrogen-bond donors (Lipinski definition) is 1. The van der Waals surface area contributed by atoms with Gasteiger partial charge in [0.25, 0.3) is 0 Å². The van der Waals surface area contributed by atoms with E-state index < -0.39 is 0 Å². The van der Waals surface area contributed by atoms with Crippen molar-refractivity contribution in [1.82, 2.24) is 9.97 Å². The summed E-state index contributed by atoms with van der Waals surface area (Å²) >= 11 is 0. The van der Waals surface area contributed by atoms with E-state index in [0.29, 0.717) is 5.56 Å². The van der Waals surface area contributed by atoms with Crippen molar-refractivity contribution in [2.24, 2.45) is 0 Å². The van der Waals surface area contributed by atoms with E-state index in [1.807, 2.05) is 12.1 Å². The van der Waals surface area contributed by atoms with E-state index >= 15 is 0 Å². The second kappa shape index (κ2) is 4.41. The lowest BCUT2D eigenvalue weighted by Crippen LogP contribution is -1.97. The van der Waals surface area contributed by atoms with E-state index in [9.17, 15) is 0 Å². The predicted octanol–water partition coefficient (Wildman–Crippen LogP) is 2.06. The van der Waals surface area contributed by atoms with Crippen molar-refractivity contribution < 1.29 is 0 Å². The van der Waals surface area contributed by atoms with Crippen molar-refractivity contribution in [3.8, 4) is 17.3 Å². The first kappa shape index (κ1) is 10.1. The van der Waals surface area contributed by atoms with Gasteiger partial charge >= 0.3 is 0 Å². The van der Waals surface area contributed by atoms with Gasteiger partial charge in [-0.3, -0.25) is 4.98 Å². The predicted molar refractivity (Wildman–Crippen MR) is 61.7 cm³/mol. The summed E-state index contributed by atoms with van der Waals surface area (Å²) in [5.41, 5.74) is 2.37. The Balaban J connectivity index is 2.47. The van der Waals surface area contributed by atoms with Gasteiger partial charge in [0.05, 0.1) is 11.6 Å². The molecule has 16 heavy (non-hydrogen) atoms. The topological polar surface area (TPSA) is 61.6 Å². The molecule has 0 spiro atoms. The van der Waals surface area contributed by atoms with Gasteiger partial charge in [0, 0.05) is 25.0 Å². The zero-order valence-corrected chi connectivity index (χ0v) is 8.81. The van der Waals surface area contributed by atoms with Crippen LogP contribution in [0.2, 0.25) is 0 Å². The SMILES string of the molecule is CNc1nccnc1-c1ccc(C#N)cc1. The van der Waals surface area contributed by atoms with Crippen LogP contribution in [0.1, 0.15) is 5.56 Å². The van der Waals surface area contributed by atoms with Crippen LogP contribution in [-0.4, -0.2) is 17.0 Å². The highest BCUT2D eigenvalue weighted by molar-refractivity contribution is 5.71. The number of nitrogens with zero attached hydrogens (tertiary/aromatic N) is 3. The third-order valence-electron chi connectivity index (χ3n) is 2.22. The molecule has 1 aromatic heterocycles. The van der Waals surface area contributed by atoms with Gasteiger partial charge in [-0.2, -0.15) is 5.26 Å². The molecular weight excluding hydrogens is 200 g/mol. The molecule has 4 nitrogen and oxygen atoms in total. The molecule has 4 heteroatoms. The standard InChI is InChI=1S/C12H10N4/c1-14-12-11(15-6-7-16-12)10-4-2-9(8-13)3-5-10/h2-7H,1H3,(H,14,16). The van der Waals surface area contributed by atoms with E-state index in [2.05, 4.69) is 21.4 Å². The van der Waals surface area contributed by atoms with Crippen molar-refractivity contribution in [2.75, 3.05) is 12.4 Å². The Morgan fingerprint density at radius 1 is 1.12 bits per heavy atom. The molecule has 1 N–H and O–H groups in total. The molecule has 0 bridgehead atoms. The third kappa shape index (κ3) is 1.84. The van der Waals surface area contributed by atoms with Crippen molar-refractivity contribution in [2.45, 2.75) is 0 Å². The van der Waals surface area contributed by atoms with Crippen LogP contribution in [0, 0.1) is 11.3 Å². The lowest BCUT2D eigenvalue weighted by atomic mass is 10.1. The maximum absolute atomic E-state index is 8.71. The zero-order chi connectivity index (χ0) is 11.4. The first-order valence-corrected chi connectivity index (χ1v) is 4.84. The van der Waals surface area contributed by atoms with Crippen LogP contribution in [0.3, 0.4) is 0 Å². The van der Waals surface area contributed by atoms with Gasteiger partial charge in [-0.25, -0.2) is 4.98 Å². The maximum atomic E-state index is 8.71. The largest absolute Gasteiger partial charge is 0.371 e. The van der Waals surface area contributed by atoms with Gasteiger partial charge in [-0.15, -0.1) is 0 Å². The molecule has 0 saturated carbocycles. The molecular formula is C12H10N4. The molecule has 0 atom stereocenters. The van der Waals surface area contributed by atoms with Crippen molar-refractivity contribution >= 4 is 5.82 Å². The first-order valence-electron chi connectivity index (χ1n) is 4.84. The van der Waals surface area contributed by atoms with Gasteiger partial charge in [0.15, 0.2) is 5.82 Å². The van der Waals surface area contributed by atoms with E-state index in [1.54, 1.807) is 31.6 Å². The number of nitriles is 1. The molecule has 0 aliphatic carbocycles. The van der Waals surface area contributed by atoms with Crippen LogP contribution in [0.25, 0.3) is 11.3 Å². The average Bonchev–Trinajstić information content (AvgIpc) is 2.39. The fraction of sp³-hybridized carbons (Fsp3) is 0.0833. The van der Waals surface area contributed by atoms with Gasteiger partial charge < -0.3 is 5.32 Å². The normalized spacial score (nSPS) is 9.50. The smallest absolute Gasteiger partial charge is 0.152 e. The highest BCUT2D eigenvalue weighted by Crippen LogP contribution is 2.22. The Labute approximate surface area is 93.6 Å². The number of aromatic nitrogens is 2. The van der Waals surface area contributed by atoms with Crippen LogP contribution in [0.15, 0.2) is 36.7 Å². The average molecular weight is 210 g/mol. The number of nitrogens with one attached hydrogen (secondary N) is 1. The molecule has 0 fully saturated rings. The van der Waals surface area contributed by atoms with Crippen LogP contribution < -0.4 is 5.32 Å². The van der Waals surface area contributed by atoms with Crippen molar-refractivity contribution in [3.63, 3.8) is 0 Å². The summed E-state index contributed by atoms with van der Waals surface area (Å²) in [5.74, 6) is 0.729. The fourth-order valence-electron chi connectivity index (χ4n) is 1.43. The minimum absolute atomic E-state index is 0.638. The third-order valence-corrected chi connectivity index (χ3v) is 2.22. The van der Waals surface area contributed by atoms with E-state index in [1.165, 1.54) is 0 Å². The Hall–Kier alpha value is -2.41. The molecule has 0 unspecified atom stereocenters. The molecule has 0 amide bonds. The molecule has 2 aromatic rings. The van der Waals surface area contributed by atoms with Crippen LogP contribution in [0.5, 0.6) is 0 Å². The molecule has 0 aliphatic heterocycles. The van der Waals surface area contributed by atoms with Crippen LogP contribution >= 0.6 is 0 Å². The van der Waals surface area contributed by atoms with Gasteiger partial charge in [0.2, 0.25) is 0 Å². The second-order valence-corrected chi connectivity index (χ2v) is 3.19. The summed E-state index contributed by atoms with van der Waals surface area (Å²) < 4.78 is 0. The second-order valence-electron chi connectivity index (χ2n) is 3.19. The summed E-state index contributed by atoms with van der Waals surface area (Å²) in [6, 6.07) is 9.35. The molecule has 0 aliphatic rings. The minimum Gasteiger partial charge on any atom is -0.371 e. The lowest BCUT2D eigenvalue weighted by molar-refractivity contribution is 1.19. The Kier molecular flexibility index (Phi) is 2.79. The molecule has 0 radical (unpaired) electrons. The zero-order valence-electron chi connectivity index (χ0n) is 8.81. The first-order chi connectivity index (χ1) is 7.85. The summed E-state index contributed by atoms with van der Waals surface area (Å²) in [6.45, 7) is 0. The Bertz CT molecular complexity index is 525. The summed E-state index contributed by atoms with van der Waals surface area (Å²) in [6.07, 6.45) is 3.29. The quantitative estimate of drug-likeness (QED) is 0.824. The van der Waals surface area contributed by atoms with Gasteiger partial charge in [-0.1, -0.05) is 12.1 Å². The fourth-order valence-corrected chi connectivity index (χ4v) is 1.43. The monoisotopic (exact) mass is 210 g/mol. The highest BCUT2D eigenvalue weighted by atomic mass is 15.0. The summed E-state index contributed by atoms with van der Waals surface area (Å²) in [4.78, 5) is 8.44. The molecule has 78 valence electrons. The number of anilines is 1. The van der Waals surface area contributed by atoms with Gasteiger partial charge in [0.1, 0.15) is 5.69 Å². The van der Waals surface area contributed by atoms with E-state index in [-0.39, 0.29) is 0 Å². The number of rotatable bonds is 2. The Morgan fingerprint density at radius 2 is 1.81 bits per heavy atom. The van der Waals surface area contributed by atoms with Crippen molar-refractivity contribution in [3.05, 3.63) is 42.2 Å². The van der Waals surface area contributed by atoms with Crippen molar-refractivity contribution in [1.29, 1.82) is 5.26 Å². The molecule has 2 rings (SSSR count). The highest BCUT2D eigenvalue weighted by Gasteiger charge is 2.05. The molecule has 1 heterocycles. The van der Waals surface area contributed by atoms with E-state index in [0.717, 1.165) is 17.1 Å². The summed E-state index contributed by atoms with van der Waals surface area (Å²) in [5, 5.41) is 11.7. The number of hydrogen-bond acceptors (Lipinski definition) is 4. The van der Waals surface area contributed by atoms with Gasteiger partial charge in [-0.05, 0) is 12.1 Å². The molecule has 0 saturated heterocycles. The Morgan fingerprint density at radius 3 is 2.44 bits per heavy atom. The lowest BCUT2D eigenvalue weighted by Gasteiger charge is -2.06. The molecule has 1 aromatic carbocycles.